The Bertz CT molecular complexity index is 1080. The van der Waals surface area contributed by atoms with E-state index in [4.69, 9.17) is 0 Å². The van der Waals surface area contributed by atoms with E-state index < -0.39 is 19.2 Å². The van der Waals surface area contributed by atoms with E-state index in [1.54, 1.807) is 17.5 Å². The van der Waals surface area contributed by atoms with Gasteiger partial charge < -0.3 is 15.1 Å². The zero-order valence-corrected chi connectivity index (χ0v) is 16.9. The van der Waals surface area contributed by atoms with Crippen LogP contribution in [0.5, 0.6) is 0 Å². The van der Waals surface area contributed by atoms with Crippen molar-refractivity contribution in [2.75, 3.05) is 5.32 Å². The molecule has 1 aliphatic carbocycles. The molecule has 0 fully saturated rings. The van der Waals surface area contributed by atoms with E-state index >= 15 is 0 Å². The second kappa shape index (κ2) is 7.37. The number of carbonyl (C=O) groups is 1. The molecular formula is C21H20NO4PS. The zero-order valence-electron chi connectivity index (χ0n) is 15.1. The molecule has 28 heavy (non-hydrogen) atoms. The van der Waals surface area contributed by atoms with Gasteiger partial charge in [-0.3, -0.25) is 9.36 Å². The van der Waals surface area contributed by atoms with Crippen LogP contribution in [0.4, 0.5) is 5.69 Å². The summed E-state index contributed by atoms with van der Waals surface area (Å²) in [5.74, 6) is -0.869. The van der Waals surface area contributed by atoms with E-state index in [9.17, 15) is 19.1 Å². The minimum atomic E-state index is -4.70. The van der Waals surface area contributed by atoms with Crippen molar-refractivity contribution in [1.82, 2.24) is 0 Å². The first-order valence-electron chi connectivity index (χ1n) is 8.90. The van der Waals surface area contributed by atoms with E-state index in [-0.39, 0.29) is 11.2 Å². The summed E-state index contributed by atoms with van der Waals surface area (Å²) in [6.45, 7) is 1.94. The lowest BCUT2D eigenvalue weighted by molar-refractivity contribution is -0.115. The number of fused-ring (bicyclic) bond motifs is 2. The van der Waals surface area contributed by atoms with Crippen LogP contribution in [0.1, 0.15) is 6.92 Å². The van der Waals surface area contributed by atoms with Gasteiger partial charge in [0.25, 0.3) is 0 Å². The van der Waals surface area contributed by atoms with Gasteiger partial charge in [0.15, 0.2) is 5.66 Å². The molecule has 0 spiro atoms. The highest BCUT2D eigenvalue weighted by molar-refractivity contribution is 8.03. The zero-order chi connectivity index (χ0) is 19.9. The van der Waals surface area contributed by atoms with Crippen LogP contribution in [-0.4, -0.2) is 26.6 Å². The van der Waals surface area contributed by atoms with Crippen LogP contribution in [0.3, 0.4) is 0 Å². The van der Waals surface area contributed by atoms with Gasteiger partial charge in [0.05, 0.1) is 0 Å². The molecule has 3 atom stereocenters. The van der Waals surface area contributed by atoms with Crippen LogP contribution in [0.25, 0.3) is 10.8 Å². The maximum Gasteiger partial charge on any atom is 0.342 e. The normalized spacial score (nSPS) is 22.4. The molecular weight excluding hydrogens is 393 g/mol. The van der Waals surface area contributed by atoms with Crippen molar-refractivity contribution in [1.29, 1.82) is 0 Å². The molecule has 144 valence electrons. The van der Waals surface area contributed by atoms with Crippen LogP contribution in [0, 0.1) is 5.92 Å². The Hall–Kier alpha value is -2.11. The number of hydrogen-bond donors (Lipinski definition) is 3. The van der Waals surface area contributed by atoms with Gasteiger partial charge in [0.1, 0.15) is 0 Å². The summed E-state index contributed by atoms with van der Waals surface area (Å²) in [7, 11) is -4.70. The molecule has 1 heterocycles. The number of anilines is 1. The molecule has 0 aromatic heterocycles. The van der Waals surface area contributed by atoms with Crippen molar-refractivity contribution in [3.8, 4) is 0 Å². The lowest BCUT2D eigenvalue weighted by Gasteiger charge is -2.26. The molecule has 0 radical (unpaired) electrons. The van der Waals surface area contributed by atoms with Crippen molar-refractivity contribution >= 4 is 41.7 Å². The quantitative estimate of drug-likeness (QED) is 0.645. The Labute approximate surface area is 167 Å². The van der Waals surface area contributed by atoms with Crippen molar-refractivity contribution in [2.24, 2.45) is 5.92 Å². The first-order valence-corrected chi connectivity index (χ1v) is 11.5. The largest absolute Gasteiger partial charge is 0.342 e. The van der Waals surface area contributed by atoms with Crippen molar-refractivity contribution in [3.63, 3.8) is 0 Å². The summed E-state index contributed by atoms with van der Waals surface area (Å²) in [6, 6.07) is 13.1. The fraction of sp³-hybridized carbons (Fsp3) is 0.190. The van der Waals surface area contributed by atoms with Crippen molar-refractivity contribution < 1.29 is 19.1 Å². The number of rotatable bonds is 4. The van der Waals surface area contributed by atoms with Gasteiger partial charge in [0.2, 0.25) is 5.91 Å². The summed E-state index contributed by atoms with van der Waals surface area (Å²) in [6.07, 6.45) is 5.99. The molecule has 1 aliphatic heterocycles. The van der Waals surface area contributed by atoms with Crippen LogP contribution in [0.15, 0.2) is 77.2 Å². The van der Waals surface area contributed by atoms with Crippen molar-refractivity contribution in [3.05, 3.63) is 77.2 Å². The highest BCUT2D eigenvalue weighted by Gasteiger charge is 2.45. The Balaban J connectivity index is 1.63. The molecule has 0 bridgehead atoms. The summed E-state index contributed by atoms with van der Waals surface area (Å²) < 4.78 is 12.3. The smallest absolute Gasteiger partial charge is 0.325 e. The Morgan fingerprint density at radius 2 is 1.93 bits per heavy atom. The van der Waals surface area contributed by atoms with E-state index in [1.165, 1.54) is 11.8 Å². The Kier molecular flexibility index (Phi) is 5.06. The lowest BCUT2D eigenvalue weighted by Crippen LogP contribution is -2.33. The third-order valence-corrected chi connectivity index (χ3v) is 7.39. The number of allylic oxidation sites excluding steroid dienone is 3. The molecule has 1 amide bonds. The molecule has 2 aliphatic rings. The molecule has 4 rings (SSSR count). The second-order valence-electron chi connectivity index (χ2n) is 7.06. The Morgan fingerprint density at radius 1 is 1.18 bits per heavy atom. The third kappa shape index (κ3) is 3.74. The average Bonchev–Trinajstić information content (AvgIpc) is 3.03. The monoisotopic (exact) mass is 413 g/mol. The van der Waals surface area contributed by atoms with Gasteiger partial charge in [-0.25, -0.2) is 0 Å². The first-order chi connectivity index (χ1) is 13.3. The first kappa shape index (κ1) is 19.2. The predicted molar refractivity (Wildman–Crippen MR) is 114 cm³/mol. The fourth-order valence-electron chi connectivity index (χ4n) is 3.67. The molecule has 2 aromatic carbocycles. The van der Waals surface area contributed by atoms with Crippen LogP contribution < -0.4 is 5.32 Å². The summed E-state index contributed by atoms with van der Waals surface area (Å²) in [4.78, 5) is 32.9. The minimum Gasteiger partial charge on any atom is -0.325 e. The number of amides is 1. The van der Waals surface area contributed by atoms with E-state index in [0.717, 1.165) is 16.3 Å². The highest BCUT2D eigenvalue weighted by atomic mass is 32.2. The van der Waals surface area contributed by atoms with Crippen LogP contribution in [-0.2, 0) is 9.36 Å². The number of benzene rings is 2. The summed E-state index contributed by atoms with van der Waals surface area (Å²) in [5, 5.41) is 6.48. The predicted octanol–water partition coefficient (Wildman–Crippen LogP) is 4.46. The maximum atomic E-state index is 12.9. The number of hydrogen-bond acceptors (Lipinski definition) is 3. The molecule has 3 N–H and O–H groups in total. The van der Waals surface area contributed by atoms with Crippen LogP contribution >= 0.6 is 19.4 Å². The number of nitrogens with one attached hydrogen (secondary N) is 1. The molecule has 7 heteroatoms. The van der Waals surface area contributed by atoms with Gasteiger partial charge in [0, 0.05) is 16.9 Å². The molecule has 5 nitrogen and oxygen atoms in total. The second-order valence-corrected chi connectivity index (χ2v) is 9.80. The maximum absolute atomic E-state index is 12.9. The summed E-state index contributed by atoms with van der Waals surface area (Å²) in [5.41, 5.74) is 0.511. The van der Waals surface area contributed by atoms with Crippen molar-refractivity contribution in [2.45, 2.75) is 17.8 Å². The van der Waals surface area contributed by atoms with Crippen LogP contribution in [0.2, 0.25) is 0 Å². The van der Waals surface area contributed by atoms with E-state index in [0.29, 0.717) is 11.3 Å². The topological polar surface area (TPSA) is 86.6 Å². The van der Waals surface area contributed by atoms with Gasteiger partial charge in [-0.2, -0.15) is 0 Å². The van der Waals surface area contributed by atoms with Gasteiger partial charge in [-0.1, -0.05) is 54.1 Å². The number of carbonyl (C=O) groups excluding carboxylic acids is 1. The minimum absolute atomic E-state index is 0.0706. The third-order valence-electron chi connectivity index (χ3n) is 5.01. The summed E-state index contributed by atoms with van der Waals surface area (Å²) >= 11 is 1.49. The molecule has 2 aromatic rings. The molecule has 0 saturated heterocycles. The van der Waals surface area contributed by atoms with E-state index in [1.807, 2.05) is 55.5 Å². The van der Waals surface area contributed by atoms with E-state index in [2.05, 4.69) is 5.32 Å². The average molecular weight is 413 g/mol. The Morgan fingerprint density at radius 3 is 2.68 bits per heavy atom. The van der Waals surface area contributed by atoms with Gasteiger partial charge in [-0.15, -0.1) is 11.8 Å². The SMILES string of the molecule is CC1=CC2C(C(C(=O)Nc3ccc4ccccc4c3)P(=O)(O)O)=CSC2C=C1. The molecule has 0 saturated carbocycles. The lowest BCUT2D eigenvalue weighted by atomic mass is 9.88. The highest BCUT2D eigenvalue weighted by Crippen LogP contribution is 2.53. The van der Waals surface area contributed by atoms with Gasteiger partial charge >= 0.3 is 7.60 Å². The molecule has 3 unspecified atom stereocenters. The number of thioether (sulfide) groups is 1. The fourth-order valence-corrected chi connectivity index (χ4v) is 5.96. The standard InChI is InChI=1S/C21H20NO4PS/c1-13-6-9-19-17(10-13)18(12-28-19)20(27(24,25)26)21(23)22-16-8-7-14-4-2-3-5-15(14)11-16/h2-12,17,19-20H,1H3,(H,22,23)(H2,24,25,26). The van der Waals surface area contributed by atoms with Gasteiger partial charge in [-0.05, 0) is 40.8 Å².